The van der Waals surface area contributed by atoms with Gasteiger partial charge in [0.15, 0.2) is 5.16 Å². The highest BCUT2D eigenvalue weighted by Gasteiger charge is 2.15. The largest absolute Gasteiger partial charge is 0.378 e. The summed E-state index contributed by atoms with van der Waals surface area (Å²) in [7, 11) is 0. The molecule has 1 aliphatic heterocycles. The van der Waals surface area contributed by atoms with Gasteiger partial charge in [-0.25, -0.2) is 9.97 Å². The number of aromatic nitrogens is 2. The van der Waals surface area contributed by atoms with Crippen molar-refractivity contribution < 1.29 is 9.53 Å². The van der Waals surface area contributed by atoms with Crippen LogP contribution in [0.25, 0.3) is 0 Å². The van der Waals surface area contributed by atoms with Crippen LogP contribution in [0.3, 0.4) is 0 Å². The highest BCUT2D eigenvalue weighted by atomic mass is 35.5. The minimum absolute atomic E-state index is 0.0932. The van der Waals surface area contributed by atoms with Crippen molar-refractivity contribution in [2.75, 3.05) is 31.2 Å². The van der Waals surface area contributed by atoms with Crippen molar-refractivity contribution in [1.82, 2.24) is 15.3 Å². The van der Waals surface area contributed by atoms with Crippen molar-refractivity contribution in [2.24, 2.45) is 0 Å². The van der Waals surface area contributed by atoms with Crippen LogP contribution in [0.15, 0.2) is 65.8 Å². The number of hydrogen-bond acceptors (Lipinski definition) is 6. The first-order chi connectivity index (χ1) is 15.2. The van der Waals surface area contributed by atoms with Crippen LogP contribution in [0.4, 0.5) is 5.82 Å². The van der Waals surface area contributed by atoms with E-state index in [-0.39, 0.29) is 5.91 Å². The summed E-state index contributed by atoms with van der Waals surface area (Å²) in [5.41, 5.74) is 2.72. The first kappa shape index (κ1) is 21.6. The molecule has 8 heteroatoms. The zero-order valence-corrected chi connectivity index (χ0v) is 18.5. The Bertz CT molecular complexity index is 1030. The van der Waals surface area contributed by atoms with E-state index in [1.165, 1.54) is 11.8 Å². The fraction of sp³-hybridized carbons (Fsp3) is 0.261. The molecule has 31 heavy (non-hydrogen) atoms. The molecule has 0 aliphatic carbocycles. The summed E-state index contributed by atoms with van der Waals surface area (Å²) in [5.74, 6) is 1.37. The molecule has 160 valence electrons. The SMILES string of the molecule is O=C(NCc1ccccc1)c1cccc(CSc2nc(Cl)cc(N3CCOCC3)n2)c1. The van der Waals surface area contributed by atoms with Crippen LogP contribution >= 0.6 is 23.4 Å². The van der Waals surface area contributed by atoms with Gasteiger partial charge < -0.3 is 15.0 Å². The normalized spacial score (nSPS) is 13.8. The summed E-state index contributed by atoms with van der Waals surface area (Å²) in [6.45, 7) is 3.45. The molecule has 0 unspecified atom stereocenters. The van der Waals surface area contributed by atoms with E-state index in [1.54, 1.807) is 6.07 Å². The number of benzene rings is 2. The average molecular weight is 455 g/mol. The molecule has 1 N–H and O–H groups in total. The summed E-state index contributed by atoms with van der Waals surface area (Å²) in [4.78, 5) is 23.7. The predicted molar refractivity (Wildman–Crippen MR) is 124 cm³/mol. The van der Waals surface area contributed by atoms with Gasteiger partial charge in [-0.15, -0.1) is 0 Å². The fourth-order valence-corrected chi connectivity index (χ4v) is 4.26. The molecule has 1 aromatic heterocycles. The molecule has 4 rings (SSSR count). The van der Waals surface area contributed by atoms with Crippen LogP contribution < -0.4 is 10.2 Å². The average Bonchev–Trinajstić information content (AvgIpc) is 2.82. The van der Waals surface area contributed by atoms with Crippen molar-refractivity contribution in [2.45, 2.75) is 17.5 Å². The van der Waals surface area contributed by atoms with Crippen molar-refractivity contribution in [1.29, 1.82) is 0 Å². The van der Waals surface area contributed by atoms with Crippen molar-refractivity contribution in [3.8, 4) is 0 Å². The molecule has 2 heterocycles. The molecule has 0 saturated carbocycles. The third kappa shape index (κ3) is 6.19. The number of ether oxygens (including phenoxy) is 1. The van der Waals surface area contributed by atoms with E-state index >= 15 is 0 Å². The summed E-state index contributed by atoms with van der Waals surface area (Å²) in [6, 6.07) is 19.3. The Morgan fingerprint density at radius 2 is 1.81 bits per heavy atom. The maximum absolute atomic E-state index is 12.5. The second kappa shape index (κ2) is 10.6. The van der Waals surface area contributed by atoms with Crippen LogP contribution in [-0.2, 0) is 17.0 Å². The van der Waals surface area contributed by atoms with Gasteiger partial charge in [-0.05, 0) is 23.3 Å². The lowest BCUT2D eigenvalue weighted by molar-refractivity contribution is 0.0951. The minimum Gasteiger partial charge on any atom is -0.378 e. The lowest BCUT2D eigenvalue weighted by Gasteiger charge is -2.27. The number of nitrogens with one attached hydrogen (secondary N) is 1. The summed E-state index contributed by atoms with van der Waals surface area (Å²) >= 11 is 7.73. The first-order valence-electron chi connectivity index (χ1n) is 10.1. The second-order valence-electron chi connectivity index (χ2n) is 7.09. The Morgan fingerprint density at radius 3 is 2.61 bits per heavy atom. The van der Waals surface area contributed by atoms with Crippen molar-refractivity contribution in [3.05, 3.63) is 82.5 Å². The lowest BCUT2D eigenvalue weighted by Crippen LogP contribution is -2.36. The Balaban J connectivity index is 1.38. The lowest BCUT2D eigenvalue weighted by atomic mass is 10.1. The Hall–Kier alpha value is -2.61. The molecular weight excluding hydrogens is 432 g/mol. The maximum atomic E-state index is 12.5. The molecule has 1 fully saturated rings. The summed E-state index contributed by atoms with van der Waals surface area (Å²) < 4.78 is 5.40. The molecule has 0 radical (unpaired) electrons. The number of thioether (sulfide) groups is 1. The predicted octanol–water partition coefficient (Wildman–Crippen LogP) is 4.19. The zero-order valence-electron chi connectivity index (χ0n) is 17.0. The number of amides is 1. The first-order valence-corrected chi connectivity index (χ1v) is 11.4. The third-order valence-corrected chi connectivity index (χ3v) is 5.96. The van der Waals surface area contributed by atoms with E-state index in [4.69, 9.17) is 16.3 Å². The zero-order chi connectivity index (χ0) is 21.5. The minimum atomic E-state index is -0.0932. The van der Waals surface area contributed by atoms with Crippen LogP contribution in [-0.4, -0.2) is 42.2 Å². The Kier molecular flexibility index (Phi) is 7.40. The van der Waals surface area contributed by atoms with Gasteiger partial charge in [0.1, 0.15) is 11.0 Å². The molecule has 2 aromatic carbocycles. The second-order valence-corrected chi connectivity index (χ2v) is 8.42. The highest BCUT2D eigenvalue weighted by Crippen LogP contribution is 2.25. The van der Waals surface area contributed by atoms with Gasteiger partial charge in [0.2, 0.25) is 0 Å². The Labute approximate surface area is 191 Å². The number of halogens is 1. The van der Waals surface area contributed by atoms with Gasteiger partial charge in [0.25, 0.3) is 5.91 Å². The molecule has 1 amide bonds. The van der Waals surface area contributed by atoms with E-state index in [1.807, 2.05) is 54.6 Å². The smallest absolute Gasteiger partial charge is 0.251 e. The highest BCUT2D eigenvalue weighted by molar-refractivity contribution is 7.98. The van der Waals surface area contributed by atoms with Crippen LogP contribution in [0.1, 0.15) is 21.5 Å². The van der Waals surface area contributed by atoms with E-state index in [2.05, 4.69) is 20.2 Å². The standard InChI is InChI=1S/C23H23ClN4O2S/c24-20-14-21(28-9-11-30-12-10-28)27-23(26-20)31-16-18-7-4-8-19(13-18)22(29)25-15-17-5-2-1-3-6-17/h1-8,13-14H,9-12,15-16H2,(H,25,29). The summed E-state index contributed by atoms with van der Waals surface area (Å²) in [6.07, 6.45) is 0. The number of anilines is 1. The molecule has 0 atom stereocenters. The third-order valence-electron chi connectivity index (χ3n) is 4.85. The van der Waals surface area contributed by atoms with Crippen LogP contribution in [0.5, 0.6) is 0 Å². The Morgan fingerprint density at radius 1 is 1.03 bits per heavy atom. The van der Waals surface area contributed by atoms with Gasteiger partial charge in [0.05, 0.1) is 13.2 Å². The number of hydrogen-bond donors (Lipinski definition) is 1. The number of carbonyl (C=O) groups is 1. The van der Waals surface area contributed by atoms with Gasteiger partial charge in [-0.2, -0.15) is 0 Å². The number of nitrogens with zero attached hydrogens (tertiary/aromatic N) is 3. The molecule has 6 nitrogen and oxygen atoms in total. The molecular formula is C23H23ClN4O2S. The topological polar surface area (TPSA) is 67.4 Å². The quantitative estimate of drug-likeness (QED) is 0.328. The molecule has 0 spiro atoms. The van der Waals surface area contributed by atoms with Crippen molar-refractivity contribution in [3.63, 3.8) is 0 Å². The van der Waals surface area contributed by atoms with Gasteiger partial charge in [0, 0.05) is 37.0 Å². The van der Waals surface area contributed by atoms with E-state index in [0.29, 0.717) is 41.4 Å². The van der Waals surface area contributed by atoms with Gasteiger partial charge in [-0.1, -0.05) is 65.8 Å². The van der Waals surface area contributed by atoms with E-state index in [9.17, 15) is 4.79 Å². The summed E-state index contributed by atoms with van der Waals surface area (Å²) in [5, 5.41) is 4.01. The molecule has 1 saturated heterocycles. The van der Waals surface area contributed by atoms with Gasteiger partial charge in [-0.3, -0.25) is 4.79 Å². The molecule has 3 aromatic rings. The maximum Gasteiger partial charge on any atom is 0.251 e. The molecule has 0 bridgehead atoms. The van der Waals surface area contributed by atoms with Gasteiger partial charge >= 0.3 is 0 Å². The van der Waals surface area contributed by atoms with E-state index < -0.39 is 0 Å². The van der Waals surface area contributed by atoms with Crippen LogP contribution in [0, 0.1) is 0 Å². The number of morpholine rings is 1. The monoisotopic (exact) mass is 454 g/mol. The molecule has 1 aliphatic rings. The van der Waals surface area contributed by atoms with Crippen LogP contribution in [0.2, 0.25) is 5.15 Å². The van der Waals surface area contributed by atoms with E-state index in [0.717, 1.165) is 30.0 Å². The number of rotatable bonds is 7. The fourth-order valence-electron chi connectivity index (χ4n) is 3.23. The van der Waals surface area contributed by atoms with Crippen molar-refractivity contribution >= 4 is 35.1 Å². The number of carbonyl (C=O) groups excluding carboxylic acids is 1.